The van der Waals surface area contributed by atoms with Gasteiger partial charge in [0.1, 0.15) is 0 Å². The highest BCUT2D eigenvalue weighted by Crippen LogP contribution is 2.47. The van der Waals surface area contributed by atoms with E-state index in [0.717, 1.165) is 17.5 Å². The summed E-state index contributed by atoms with van der Waals surface area (Å²) in [6.07, 6.45) is 1.09. The molecule has 1 heterocycles. The lowest BCUT2D eigenvalue weighted by atomic mass is 9.74. The van der Waals surface area contributed by atoms with Crippen LogP contribution in [0.25, 0.3) is 11.1 Å². The Balaban J connectivity index is 1.72. The first-order chi connectivity index (χ1) is 10.1. The van der Waals surface area contributed by atoms with Gasteiger partial charge in [-0.25, -0.2) is 4.79 Å². The van der Waals surface area contributed by atoms with Crippen LogP contribution in [0.3, 0.4) is 0 Å². The molecular formula is C17H14BrNO2. The lowest BCUT2D eigenvalue weighted by Crippen LogP contribution is -2.20. The third kappa shape index (κ3) is 1.89. The van der Waals surface area contributed by atoms with Crippen molar-refractivity contribution in [1.29, 1.82) is 0 Å². The van der Waals surface area contributed by atoms with Gasteiger partial charge < -0.3 is 4.42 Å². The Morgan fingerprint density at radius 1 is 1.29 bits per heavy atom. The lowest BCUT2D eigenvalue weighted by molar-refractivity contribution is 0.527. The minimum atomic E-state index is -0.317. The third-order valence-electron chi connectivity index (χ3n) is 4.38. The average Bonchev–Trinajstić information content (AvgIpc) is 2.75. The molecular weight excluding hydrogens is 330 g/mol. The van der Waals surface area contributed by atoms with Gasteiger partial charge in [0.25, 0.3) is 0 Å². The molecule has 4 rings (SSSR count). The first-order valence-corrected chi connectivity index (χ1v) is 7.88. The van der Waals surface area contributed by atoms with Gasteiger partial charge in [-0.1, -0.05) is 46.3 Å². The molecule has 0 saturated heterocycles. The summed E-state index contributed by atoms with van der Waals surface area (Å²) in [5, 5.41) is 0. The first kappa shape index (κ1) is 12.9. The zero-order valence-electron chi connectivity index (χ0n) is 11.5. The van der Waals surface area contributed by atoms with E-state index < -0.39 is 0 Å². The zero-order chi connectivity index (χ0) is 14.6. The van der Waals surface area contributed by atoms with Crippen molar-refractivity contribution in [3.8, 4) is 0 Å². The van der Waals surface area contributed by atoms with Crippen molar-refractivity contribution in [2.45, 2.75) is 17.2 Å². The van der Waals surface area contributed by atoms with E-state index in [1.807, 2.05) is 12.1 Å². The Hall–Kier alpha value is -1.81. The number of rotatable bonds is 2. The van der Waals surface area contributed by atoms with Gasteiger partial charge in [-0.15, -0.1) is 0 Å². The van der Waals surface area contributed by atoms with Crippen LogP contribution in [-0.2, 0) is 13.5 Å². The summed E-state index contributed by atoms with van der Waals surface area (Å²) in [6, 6.07) is 14.5. The number of halogens is 1. The van der Waals surface area contributed by atoms with Gasteiger partial charge in [0.05, 0.1) is 5.52 Å². The van der Waals surface area contributed by atoms with Gasteiger partial charge in [-0.05, 0) is 35.2 Å². The van der Waals surface area contributed by atoms with Crippen LogP contribution < -0.4 is 5.76 Å². The van der Waals surface area contributed by atoms with Crippen molar-refractivity contribution in [1.82, 2.24) is 4.57 Å². The maximum Gasteiger partial charge on any atom is 0.419 e. The number of aryl methyl sites for hydroxylation is 1. The summed E-state index contributed by atoms with van der Waals surface area (Å²) >= 11 is 3.82. The summed E-state index contributed by atoms with van der Waals surface area (Å²) in [6.45, 7) is 0. The highest BCUT2D eigenvalue weighted by Gasteiger charge is 2.32. The number of hydrogen-bond acceptors (Lipinski definition) is 2. The van der Waals surface area contributed by atoms with E-state index in [1.54, 1.807) is 7.05 Å². The van der Waals surface area contributed by atoms with Crippen LogP contribution in [0.5, 0.6) is 0 Å². The highest BCUT2D eigenvalue weighted by atomic mass is 79.9. The maximum absolute atomic E-state index is 11.6. The molecule has 4 heteroatoms. The predicted octanol–water partition coefficient (Wildman–Crippen LogP) is 3.91. The van der Waals surface area contributed by atoms with Crippen LogP contribution in [0.4, 0.5) is 0 Å². The minimum Gasteiger partial charge on any atom is -0.408 e. The molecule has 2 aromatic carbocycles. The zero-order valence-corrected chi connectivity index (χ0v) is 13.1. The Morgan fingerprint density at radius 3 is 2.90 bits per heavy atom. The fourth-order valence-electron chi connectivity index (χ4n) is 3.11. The standard InChI is InChI=1S/C17H14BrNO2/c1-19-14-7-6-11(9-15(14)21-17(19)20)16(18)13-8-10-4-2-3-5-12(10)13/h2-7,9,13,16H,8H2,1H3. The molecule has 2 unspecified atom stereocenters. The smallest absolute Gasteiger partial charge is 0.408 e. The average molecular weight is 344 g/mol. The number of alkyl halides is 1. The Morgan fingerprint density at radius 2 is 2.10 bits per heavy atom. The third-order valence-corrected chi connectivity index (χ3v) is 5.55. The number of fused-ring (bicyclic) bond motifs is 2. The van der Waals surface area contributed by atoms with Crippen LogP contribution >= 0.6 is 15.9 Å². The summed E-state index contributed by atoms with van der Waals surface area (Å²) in [5.41, 5.74) is 5.47. The van der Waals surface area contributed by atoms with Crippen LogP contribution in [0, 0.1) is 0 Å². The number of benzene rings is 2. The number of hydrogen-bond donors (Lipinski definition) is 0. The Kier molecular flexibility index (Phi) is 2.82. The van der Waals surface area contributed by atoms with E-state index >= 15 is 0 Å². The SMILES string of the molecule is Cn1c(=O)oc2cc(C(Br)C3Cc4ccccc43)ccc21. The van der Waals surface area contributed by atoms with Gasteiger partial charge in [0.2, 0.25) is 0 Å². The van der Waals surface area contributed by atoms with Crippen molar-refractivity contribution < 1.29 is 4.42 Å². The minimum absolute atomic E-state index is 0.238. The Bertz CT molecular complexity index is 893. The summed E-state index contributed by atoms with van der Waals surface area (Å²) in [4.78, 5) is 11.8. The molecule has 3 aromatic rings. The number of oxazole rings is 1. The molecule has 0 saturated carbocycles. The van der Waals surface area contributed by atoms with Crippen molar-refractivity contribution >= 4 is 27.0 Å². The molecule has 1 aliphatic carbocycles. The van der Waals surface area contributed by atoms with Gasteiger partial charge in [0.15, 0.2) is 5.58 Å². The topological polar surface area (TPSA) is 35.1 Å². The van der Waals surface area contributed by atoms with E-state index in [9.17, 15) is 4.79 Å². The largest absolute Gasteiger partial charge is 0.419 e. The normalized spacial score (nSPS) is 18.3. The van der Waals surface area contributed by atoms with Gasteiger partial charge in [0, 0.05) is 17.8 Å². The summed E-state index contributed by atoms with van der Waals surface area (Å²) in [7, 11) is 1.72. The van der Waals surface area contributed by atoms with E-state index in [4.69, 9.17) is 4.42 Å². The maximum atomic E-state index is 11.6. The fraction of sp³-hybridized carbons (Fsp3) is 0.235. The van der Waals surface area contributed by atoms with Crippen molar-refractivity contribution in [2.75, 3.05) is 0 Å². The molecule has 0 amide bonds. The molecule has 0 spiro atoms. The quantitative estimate of drug-likeness (QED) is 0.661. The summed E-state index contributed by atoms with van der Waals surface area (Å²) < 4.78 is 6.81. The second kappa shape index (κ2) is 4.60. The molecule has 0 radical (unpaired) electrons. The molecule has 0 N–H and O–H groups in total. The predicted molar refractivity (Wildman–Crippen MR) is 86.0 cm³/mol. The van der Waals surface area contributed by atoms with Gasteiger partial charge >= 0.3 is 5.76 Å². The molecule has 1 aliphatic rings. The van der Waals surface area contributed by atoms with Gasteiger partial charge in [-0.3, -0.25) is 4.57 Å². The second-order valence-electron chi connectivity index (χ2n) is 5.57. The van der Waals surface area contributed by atoms with Crippen LogP contribution in [-0.4, -0.2) is 4.57 Å². The molecule has 0 fully saturated rings. The van der Waals surface area contributed by atoms with Crippen molar-refractivity contribution in [3.05, 3.63) is 69.7 Å². The van der Waals surface area contributed by atoms with E-state index in [1.165, 1.54) is 15.7 Å². The monoisotopic (exact) mass is 343 g/mol. The van der Waals surface area contributed by atoms with E-state index in [-0.39, 0.29) is 10.6 Å². The van der Waals surface area contributed by atoms with Gasteiger partial charge in [-0.2, -0.15) is 0 Å². The van der Waals surface area contributed by atoms with Crippen LogP contribution in [0.1, 0.15) is 27.4 Å². The number of nitrogens with zero attached hydrogens (tertiary/aromatic N) is 1. The first-order valence-electron chi connectivity index (χ1n) is 6.96. The van der Waals surface area contributed by atoms with Crippen molar-refractivity contribution in [3.63, 3.8) is 0 Å². The molecule has 0 bridgehead atoms. The fourth-order valence-corrected chi connectivity index (χ4v) is 3.87. The second-order valence-corrected chi connectivity index (χ2v) is 6.55. The van der Waals surface area contributed by atoms with Crippen LogP contribution in [0.15, 0.2) is 51.7 Å². The molecule has 0 aliphatic heterocycles. The number of aromatic nitrogens is 1. The molecule has 106 valence electrons. The molecule has 1 aromatic heterocycles. The van der Waals surface area contributed by atoms with E-state index in [0.29, 0.717) is 11.5 Å². The molecule has 2 atom stereocenters. The van der Waals surface area contributed by atoms with Crippen molar-refractivity contribution in [2.24, 2.45) is 7.05 Å². The van der Waals surface area contributed by atoms with E-state index in [2.05, 4.69) is 46.3 Å². The summed E-state index contributed by atoms with van der Waals surface area (Å²) in [5.74, 6) is 0.163. The molecule has 3 nitrogen and oxygen atoms in total. The highest BCUT2D eigenvalue weighted by molar-refractivity contribution is 9.09. The van der Waals surface area contributed by atoms with Crippen LogP contribution in [0.2, 0.25) is 0 Å². The molecule has 21 heavy (non-hydrogen) atoms. The Labute approximate surface area is 130 Å². The lowest BCUT2D eigenvalue weighted by Gasteiger charge is -2.34.